The van der Waals surface area contributed by atoms with Gasteiger partial charge in [0.2, 0.25) is 0 Å². The fourth-order valence-electron chi connectivity index (χ4n) is 1.64. The maximum absolute atomic E-state index is 5.72. The van der Waals surface area contributed by atoms with E-state index in [1.165, 1.54) is 24.8 Å². The molecule has 0 heterocycles. The highest BCUT2D eigenvalue weighted by molar-refractivity contribution is 7.80. The summed E-state index contributed by atoms with van der Waals surface area (Å²) < 4.78 is 11.0. The number of unbranched alkanes of at least 4 members (excludes halogenated alkanes) is 3. The number of ether oxygens (including phenoxy) is 2. The van der Waals surface area contributed by atoms with Crippen molar-refractivity contribution in [1.82, 2.24) is 0 Å². The molecular weight excluding hydrogens is 232 g/mol. The topological polar surface area (TPSA) is 18.5 Å². The standard InChI is InChI=1S/C14H22O2S/c1-12-7-8-13(14(11-12)15-2)16-9-5-3-4-6-10-17/h7-8,11,17H,3-6,9-10H2,1-2H3. The molecule has 1 aromatic carbocycles. The van der Waals surface area contributed by atoms with Crippen LogP contribution in [0.5, 0.6) is 11.5 Å². The van der Waals surface area contributed by atoms with Gasteiger partial charge in [0, 0.05) is 0 Å². The number of methoxy groups -OCH3 is 1. The Balaban J connectivity index is 2.31. The molecule has 96 valence electrons. The first kappa shape index (κ1) is 14.2. The molecule has 0 aliphatic heterocycles. The van der Waals surface area contributed by atoms with Crippen LogP contribution in [-0.2, 0) is 0 Å². The van der Waals surface area contributed by atoms with Crippen molar-refractivity contribution >= 4 is 12.6 Å². The van der Waals surface area contributed by atoms with Gasteiger partial charge in [-0.2, -0.15) is 12.6 Å². The van der Waals surface area contributed by atoms with Gasteiger partial charge in [0.15, 0.2) is 11.5 Å². The third-order valence-electron chi connectivity index (χ3n) is 2.63. The smallest absolute Gasteiger partial charge is 0.161 e. The Morgan fingerprint density at radius 3 is 2.53 bits per heavy atom. The minimum Gasteiger partial charge on any atom is -0.493 e. The Morgan fingerprint density at radius 1 is 1.06 bits per heavy atom. The van der Waals surface area contributed by atoms with Gasteiger partial charge < -0.3 is 9.47 Å². The summed E-state index contributed by atoms with van der Waals surface area (Å²) in [6.45, 7) is 2.80. The number of hydrogen-bond donors (Lipinski definition) is 1. The molecule has 0 spiro atoms. The van der Waals surface area contributed by atoms with Crippen LogP contribution in [0.4, 0.5) is 0 Å². The largest absolute Gasteiger partial charge is 0.493 e. The third kappa shape index (κ3) is 5.35. The first-order chi connectivity index (χ1) is 8.27. The van der Waals surface area contributed by atoms with Crippen molar-refractivity contribution in [1.29, 1.82) is 0 Å². The number of benzene rings is 1. The van der Waals surface area contributed by atoms with Crippen LogP contribution in [0.2, 0.25) is 0 Å². The maximum atomic E-state index is 5.72. The summed E-state index contributed by atoms with van der Waals surface area (Å²) in [6, 6.07) is 6.01. The zero-order valence-corrected chi connectivity index (χ0v) is 11.6. The first-order valence-corrected chi connectivity index (χ1v) is 6.79. The normalized spacial score (nSPS) is 10.3. The van der Waals surface area contributed by atoms with Crippen molar-refractivity contribution in [2.24, 2.45) is 0 Å². The highest BCUT2D eigenvalue weighted by Crippen LogP contribution is 2.27. The third-order valence-corrected chi connectivity index (χ3v) is 2.95. The number of aryl methyl sites for hydroxylation is 1. The van der Waals surface area contributed by atoms with Gasteiger partial charge in [-0.15, -0.1) is 0 Å². The molecule has 0 fully saturated rings. The van der Waals surface area contributed by atoms with Crippen LogP contribution in [0.3, 0.4) is 0 Å². The molecule has 2 nitrogen and oxygen atoms in total. The van der Waals surface area contributed by atoms with E-state index in [2.05, 4.69) is 12.6 Å². The molecule has 1 rings (SSSR count). The molecule has 0 bridgehead atoms. The van der Waals surface area contributed by atoms with Crippen molar-refractivity contribution in [3.05, 3.63) is 23.8 Å². The lowest BCUT2D eigenvalue weighted by Gasteiger charge is -2.11. The molecule has 1 aromatic rings. The van der Waals surface area contributed by atoms with Crippen molar-refractivity contribution in [3.63, 3.8) is 0 Å². The summed E-state index contributed by atoms with van der Waals surface area (Å²) in [7, 11) is 1.67. The highest BCUT2D eigenvalue weighted by atomic mass is 32.1. The summed E-state index contributed by atoms with van der Waals surface area (Å²) in [4.78, 5) is 0. The van der Waals surface area contributed by atoms with E-state index in [9.17, 15) is 0 Å². The lowest BCUT2D eigenvalue weighted by molar-refractivity contribution is 0.285. The Morgan fingerprint density at radius 2 is 1.82 bits per heavy atom. The predicted molar refractivity (Wildman–Crippen MR) is 75.5 cm³/mol. The number of rotatable bonds is 8. The summed E-state index contributed by atoms with van der Waals surface area (Å²) >= 11 is 4.19. The summed E-state index contributed by atoms with van der Waals surface area (Å²) in [5.41, 5.74) is 1.18. The Bertz CT molecular complexity index is 326. The van der Waals surface area contributed by atoms with E-state index < -0.39 is 0 Å². The number of thiol groups is 1. The predicted octanol–water partition coefficient (Wildman–Crippen LogP) is 3.87. The zero-order valence-electron chi connectivity index (χ0n) is 10.7. The molecule has 0 aliphatic carbocycles. The molecule has 0 radical (unpaired) electrons. The second-order valence-corrected chi connectivity index (χ2v) is 4.59. The van der Waals surface area contributed by atoms with Crippen LogP contribution in [0.15, 0.2) is 18.2 Å². The van der Waals surface area contributed by atoms with E-state index in [1.54, 1.807) is 7.11 Å². The Hall–Kier alpha value is -0.830. The van der Waals surface area contributed by atoms with E-state index in [0.29, 0.717) is 0 Å². The van der Waals surface area contributed by atoms with E-state index in [0.717, 1.165) is 30.3 Å². The van der Waals surface area contributed by atoms with Gasteiger partial charge in [-0.05, 0) is 43.2 Å². The van der Waals surface area contributed by atoms with Crippen LogP contribution in [0.1, 0.15) is 31.2 Å². The molecule has 17 heavy (non-hydrogen) atoms. The van der Waals surface area contributed by atoms with Gasteiger partial charge in [-0.25, -0.2) is 0 Å². The van der Waals surface area contributed by atoms with Crippen LogP contribution in [-0.4, -0.2) is 19.5 Å². The summed E-state index contributed by atoms with van der Waals surface area (Å²) in [6.07, 6.45) is 4.72. The monoisotopic (exact) mass is 254 g/mol. The SMILES string of the molecule is COc1cc(C)ccc1OCCCCCCS. The molecule has 0 aromatic heterocycles. The van der Waals surface area contributed by atoms with E-state index >= 15 is 0 Å². The van der Waals surface area contributed by atoms with Gasteiger partial charge in [-0.1, -0.05) is 18.9 Å². The minimum absolute atomic E-state index is 0.756. The molecular formula is C14H22O2S. The van der Waals surface area contributed by atoms with Crippen LogP contribution in [0.25, 0.3) is 0 Å². The fraction of sp³-hybridized carbons (Fsp3) is 0.571. The second kappa shape index (κ2) is 8.29. The second-order valence-electron chi connectivity index (χ2n) is 4.14. The molecule has 0 amide bonds. The van der Waals surface area contributed by atoms with Crippen molar-refractivity contribution in [2.75, 3.05) is 19.5 Å². The van der Waals surface area contributed by atoms with Gasteiger partial charge in [-0.3, -0.25) is 0 Å². The highest BCUT2D eigenvalue weighted by Gasteiger charge is 2.03. The van der Waals surface area contributed by atoms with Gasteiger partial charge in [0.05, 0.1) is 13.7 Å². The van der Waals surface area contributed by atoms with Gasteiger partial charge >= 0.3 is 0 Å². The van der Waals surface area contributed by atoms with Gasteiger partial charge in [0.25, 0.3) is 0 Å². The minimum atomic E-state index is 0.756. The van der Waals surface area contributed by atoms with Crippen LogP contribution >= 0.6 is 12.6 Å². The van der Waals surface area contributed by atoms with E-state index in [-0.39, 0.29) is 0 Å². The lowest BCUT2D eigenvalue weighted by Crippen LogP contribution is -1.99. The van der Waals surface area contributed by atoms with Crippen molar-refractivity contribution in [2.45, 2.75) is 32.6 Å². The summed E-state index contributed by atoms with van der Waals surface area (Å²) in [5.74, 6) is 2.64. The van der Waals surface area contributed by atoms with Crippen molar-refractivity contribution < 1.29 is 9.47 Å². The molecule has 3 heteroatoms. The lowest BCUT2D eigenvalue weighted by atomic mass is 10.2. The van der Waals surface area contributed by atoms with Crippen molar-refractivity contribution in [3.8, 4) is 11.5 Å². The first-order valence-electron chi connectivity index (χ1n) is 6.16. The van der Waals surface area contributed by atoms with Crippen LogP contribution < -0.4 is 9.47 Å². The molecule has 0 unspecified atom stereocenters. The molecule has 0 saturated heterocycles. The average molecular weight is 254 g/mol. The van der Waals surface area contributed by atoms with E-state index in [1.807, 2.05) is 25.1 Å². The number of hydrogen-bond acceptors (Lipinski definition) is 3. The van der Waals surface area contributed by atoms with Crippen LogP contribution in [0, 0.1) is 6.92 Å². The van der Waals surface area contributed by atoms with E-state index in [4.69, 9.17) is 9.47 Å². The maximum Gasteiger partial charge on any atom is 0.161 e. The van der Waals surface area contributed by atoms with Gasteiger partial charge in [0.1, 0.15) is 0 Å². The molecule has 0 aliphatic rings. The average Bonchev–Trinajstić information content (AvgIpc) is 2.35. The fourth-order valence-corrected chi connectivity index (χ4v) is 1.87. The zero-order chi connectivity index (χ0) is 12.5. The quantitative estimate of drug-likeness (QED) is 0.561. The molecule has 0 atom stereocenters. The Labute approximate surface area is 110 Å². The molecule has 0 N–H and O–H groups in total. The molecule has 0 saturated carbocycles. The Kier molecular flexibility index (Phi) is 6.94. The summed E-state index contributed by atoms with van der Waals surface area (Å²) in [5, 5.41) is 0.